The molecule has 1 saturated heterocycles. The van der Waals surface area contributed by atoms with Gasteiger partial charge in [-0.2, -0.15) is 0 Å². The van der Waals surface area contributed by atoms with Crippen molar-refractivity contribution in [1.82, 2.24) is 4.90 Å². The van der Waals surface area contributed by atoms with Crippen molar-refractivity contribution in [2.45, 2.75) is 65.3 Å². The maximum atomic E-state index is 11.2. The van der Waals surface area contributed by atoms with Crippen molar-refractivity contribution in [3.05, 3.63) is 11.6 Å². The molecule has 3 rings (SSSR count). The van der Waals surface area contributed by atoms with E-state index in [0.717, 1.165) is 26.1 Å². The number of aliphatic hydroxyl groups is 1. The summed E-state index contributed by atoms with van der Waals surface area (Å²) in [5, 5.41) is 11.2. The van der Waals surface area contributed by atoms with E-state index >= 15 is 0 Å². The Morgan fingerprint density at radius 1 is 1.32 bits per heavy atom. The second-order valence-corrected chi connectivity index (χ2v) is 8.08. The van der Waals surface area contributed by atoms with E-state index in [1.54, 1.807) is 0 Å². The minimum atomic E-state index is -1.04. The highest BCUT2D eigenvalue weighted by Gasteiger charge is 2.65. The maximum Gasteiger partial charge on any atom is 0.189 e. The fraction of sp³-hybridized carbons (Fsp3) is 0.895. The average Bonchev–Trinajstić information content (AvgIpc) is 2.92. The first-order valence-electron chi connectivity index (χ1n) is 9.22. The SMILES string of the molecule is CCN(CC)CC1=C[C@]2(O)O[C@]3(C[C@H]2C(C)C)C1CC[C@@H]3C. The Balaban J connectivity index is 1.98. The van der Waals surface area contributed by atoms with Crippen LogP contribution in [0.1, 0.15) is 53.9 Å². The molecule has 1 N–H and O–H groups in total. The van der Waals surface area contributed by atoms with Crippen LogP contribution in [-0.2, 0) is 4.74 Å². The van der Waals surface area contributed by atoms with E-state index < -0.39 is 5.79 Å². The molecule has 2 aliphatic heterocycles. The van der Waals surface area contributed by atoms with Crippen LogP contribution in [0, 0.1) is 23.7 Å². The van der Waals surface area contributed by atoms with Gasteiger partial charge in [0.05, 0.1) is 5.60 Å². The monoisotopic (exact) mass is 307 g/mol. The number of hydrogen-bond donors (Lipinski definition) is 1. The van der Waals surface area contributed by atoms with Crippen LogP contribution in [0.2, 0.25) is 0 Å². The van der Waals surface area contributed by atoms with Gasteiger partial charge in [0.25, 0.3) is 0 Å². The van der Waals surface area contributed by atoms with Crippen molar-refractivity contribution in [2.75, 3.05) is 19.6 Å². The number of hydrogen-bond acceptors (Lipinski definition) is 3. The highest BCUT2D eigenvalue weighted by molar-refractivity contribution is 5.30. The molecule has 1 aliphatic carbocycles. The fourth-order valence-corrected chi connectivity index (χ4v) is 5.25. The first-order chi connectivity index (χ1) is 10.4. The van der Waals surface area contributed by atoms with Gasteiger partial charge in [0.2, 0.25) is 0 Å². The molecule has 3 nitrogen and oxygen atoms in total. The summed E-state index contributed by atoms with van der Waals surface area (Å²) in [5.74, 6) is 0.693. The quantitative estimate of drug-likeness (QED) is 0.790. The van der Waals surface area contributed by atoms with E-state index in [9.17, 15) is 5.11 Å². The molecule has 3 aliphatic rings. The molecule has 0 amide bonds. The smallest absolute Gasteiger partial charge is 0.189 e. The van der Waals surface area contributed by atoms with Gasteiger partial charge in [-0.1, -0.05) is 34.6 Å². The molecular formula is C19H33NO2. The second kappa shape index (κ2) is 5.61. The Bertz CT molecular complexity index is 456. The molecule has 22 heavy (non-hydrogen) atoms. The third kappa shape index (κ3) is 2.28. The molecule has 126 valence electrons. The van der Waals surface area contributed by atoms with Crippen molar-refractivity contribution in [1.29, 1.82) is 0 Å². The van der Waals surface area contributed by atoms with Crippen LogP contribution < -0.4 is 0 Å². The molecule has 2 heterocycles. The Hall–Kier alpha value is -0.380. The van der Waals surface area contributed by atoms with E-state index in [2.05, 4.69) is 45.6 Å². The molecule has 2 fully saturated rings. The number of likely N-dealkylation sites (N-methyl/N-ethyl adjacent to an activating group) is 1. The van der Waals surface area contributed by atoms with Crippen molar-refractivity contribution in [2.24, 2.45) is 23.7 Å². The Labute approximate surface area is 135 Å². The molecule has 0 aromatic heterocycles. The van der Waals surface area contributed by atoms with Gasteiger partial charge in [0.1, 0.15) is 0 Å². The van der Waals surface area contributed by atoms with E-state index in [1.807, 2.05) is 0 Å². The summed E-state index contributed by atoms with van der Waals surface area (Å²) in [6, 6.07) is 0. The Morgan fingerprint density at radius 3 is 2.59 bits per heavy atom. The molecule has 1 saturated carbocycles. The van der Waals surface area contributed by atoms with E-state index in [4.69, 9.17) is 4.74 Å². The van der Waals surface area contributed by atoms with Gasteiger partial charge >= 0.3 is 0 Å². The molecular weight excluding hydrogens is 274 g/mol. The van der Waals surface area contributed by atoms with Crippen LogP contribution in [-0.4, -0.2) is 41.0 Å². The predicted molar refractivity (Wildman–Crippen MR) is 89.5 cm³/mol. The maximum absolute atomic E-state index is 11.2. The first kappa shape index (κ1) is 16.5. The first-order valence-corrected chi connectivity index (χ1v) is 9.22. The average molecular weight is 307 g/mol. The highest BCUT2D eigenvalue weighted by atomic mass is 16.6. The van der Waals surface area contributed by atoms with Gasteiger partial charge in [0, 0.05) is 18.4 Å². The Morgan fingerprint density at radius 2 is 2.00 bits per heavy atom. The molecule has 0 radical (unpaired) electrons. The minimum Gasteiger partial charge on any atom is -0.362 e. The van der Waals surface area contributed by atoms with Gasteiger partial charge in [-0.15, -0.1) is 0 Å². The lowest BCUT2D eigenvalue weighted by atomic mass is 9.76. The van der Waals surface area contributed by atoms with Gasteiger partial charge in [-0.25, -0.2) is 0 Å². The van der Waals surface area contributed by atoms with Crippen LogP contribution in [0.4, 0.5) is 0 Å². The van der Waals surface area contributed by atoms with Crippen LogP contribution >= 0.6 is 0 Å². The van der Waals surface area contributed by atoms with Crippen LogP contribution in [0.5, 0.6) is 0 Å². The van der Waals surface area contributed by atoms with Crippen molar-refractivity contribution in [3.8, 4) is 0 Å². The van der Waals surface area contributed by atoms with Gasteiger partial charge in [-0.05, 0) is 55.8 Å². The van der Waals surface area contributed by atoms with Gasteiger partial charge in [0.15, 0.2) is 5.79 Å². The summed E-state index contributed by atoms with van der Waals surface area (Å²) in [6.07, 6.45) is 5.56. The number of fused-ring (bicyclic) bond motifs is 1. The number of nitrogens with zero attached hydrogens (tertiary/aromatic N) is 1. The fourth-order valence-electron chi connectivity index (χ4n) is 5.25. The van der Waals surface area contributed by atoms with Gasteiger partial charge < -0.3 is 9.84 Å². The largest absolute Gasteiger partial charge is 0.362 e. The zero-order valence-corrected chi connectivity index (χ0v) is 14.9. The lowest BCUT2D eigenvalue weighted by Gasteiger charge is -2.43. The van der Waals surface area contributed by atoms with Crippen LogP contribution in [0.25, 0.3) is 0 Å². The molecule has 0 aromatic carbocycles. The lowest BCUT2D eigenvalue weighted by Crippen LogP contribution is -2.48. The zero-order chi connectivity index (χ0) is 16.1. The zero-order valence-electron chi connectivity index (χ0n) is 14.9. The molecule has 0 aromatic rings. The van der Waals surface area contributed by atoms with Gasteiger partial charge in [-0.3, -0.25) is 4.90 Å². The number of rotatable bonds is 5. The summed E-state index contributed by atoms with van der Waals surface area (Å²) in [7, 11) is 0. The topological polar surface area (TPSA) is 32.7 Å². The summed E-state index contributed by atoms with van der Waals surface area (Å²) in [5.41, 5.74) is 1.32. The summed E-state index contributed by atoms with van der Waals surface area (Å²) in [6.45, 7) is 14.3. The molecule has 1 spiro atoms. The standard InChI is InChI=1S/C19H33NO2/c1-6-20(7-2)12-15-10-19(21)17(13(3)4)11-18(22-19)14(5)8-9-16(15)18/h10,13-14,16-17,21H,6-9,11-12H2,1-5H3/t14-,16?,17-,18-,19-/m0/s1. The molecule has 1 unspecified atom stereocenters. The third-order valence-electron chi connectivity index (χ3n) is 6.68. The summed E-state index contributed by atoms with van der Waals surface area (Å²) < 4.78 is 6.42. The highest BCUT2D eigenvalue weighted by Crippen LogP contribution is 2.62. The van der Waals surface area contributed by atoms with Crippen molar-refractivity contribution >= 4 is 0 Å². The second-order valence-electron chi connectivity index (χ2n) is 8.08. The normalized spacial score (nSPS) is 43.8. The number of ether oxygens (including phenoxy) is 1. The summed E-state index contributed by atoms with van der Waals surface area (Å²) >= 11 is 0. The van der Waals surface area contributed by atoms with E-state index in [-0.39, 0.29) is 11.5 Å². The van der Waals surface area contributed by atoms with Crippen molar-refractivity contribution in [3.63, 3.8) is 0 Å². The van der Waals surface area contributed by atoms with Crippen LogP contribution in [0.15, 0.2) is 11.6 Å². The Kier molecular flexibility index (Phi) is 4.20. The summed E-state index contributed by atoms with van der Waals surface area (Å²) in [4.78, 5) is 2.46. The van der Waals surface area contributed by atoms with Crippen LogP contribution in [0.3, 0.4) is 0 Å². The third-order valence-corrected chi connectivity index (χ3v) is 6.68. The van der Waals surface area contributed by atoms with Crippen molar-refractivity contribution < 1.29 is 9.84 Å². The minimum absolute atomic E-state index is 0.110. The van der Waals surface area contributed by atoms with E-state index in [1.165, 1.54) is 18.4 Å². The predicted octanol–water partition coefficient (Wildman–Crippen LogP) is 3.43. The molecule has 3 heteroatoms. The lowest BCUT2D eigenvalue weighted by molar-refractivity contribution is -0.233. The molecule has 2 bridgehead atoms. The molecule has 5 atom stereocenters. The van der Waals surface area contributed by atoms with E-state index in [0.29, 0.717) is 17.8 Å².